The number of carbonyl (C=O) groups is 1. The van der Waals surface area contributed by atoms with Crippen LogP contribution in [0.15, 0.2) is 30.3 Å². The highest BCUT2D eigenvalue weighted by Gasteiger charge is 2.35. The Hall–Kier alpha value is -1.39. The number of rotatable bonds is 4. The first-order valence-corrected chi connectivity index (χ1v) is 6.81. The molecule has 1 aromatic rings. The Labute approximate surface area is 114 Å². The van der Waals surface area contributed by atoms with Crippen LogP contribution in [0.25, 0.3) is 0 Å². The van der Waals surface area contributed by atoms with E-state index >= 15 is 0 Å². The summed E-state index contributed by atoms with van der Waals surface area (Å²) >= 11 is 0. The number of carbonyl (C=O) groups excluding carboxylic acids is 1. The molecule has 4 N–H and O–H groups in total. The SMILES string of the molecule is CC(CO)(NC(=O)C1CCCC1N)c1ccccc1. The lowest BCUT2D eigenvalue weighted by Crippen LogP contribution is -2.50. The highest BCUT2D eigenvalue weighted by atomic mass is 16.3. The summed E-state index contributed by atoms with van der Waals surface area (Å²) in [5.74, 6) is -0.181. The Balaban J connectivity index is 2.12. The lowest BCUT2D eigenvalue weighted by Gasteiger charge is -2.31. The van der Waals surface area contributed by atoms with Gasteiger partial charge in [-0.1, -0.05) is 36.8 Å². The molecule has 3 unspecified atom stereocenters. The molecule has 4 nitrogen and oxygen atoms in total. The molecule has 3 atom stereocenters. The normalized spacial score (nSPS) is 25.8. The number of aliphatic hydroxyl groups is 1. The van der Waals surface area contributed by atoms with Gasteiger partial charge in [-0.15, -0.1) is 0 Å². The van der Waals surface area contributed by atoms with E-state index in [4.69, 9.17) is 5.73 Å². The molecule has 0 radical (unpaired) electrons. The summed E-state index contributed by atoms with van der Waals surface area (Å²) in [6, 6.07) is 9.47. The fraction of sp³-hybridized carbons (Fsp3) is 0.533. The summed E-state index contributed by atoms with van der Waals surface area (Å²) in [5.41, 5.74) is 6.11. The van der Waals surface area contributed by atoms with Crippen molar-refractivity contribution in [2.45, 2.75) is 37.8 Å². The third-order valence-corrected chi connectivity index (χ3v) is 4.03. The second-order valence-corrected chi connectivity index (χ2v) is 5.55. The van der Waals surface area contributed by atoms with Gasteiger partial charge in [0.1, 0.15) is 0 Å². The zero-order valence-electron chi connectivity index (χ0n) is 11.3. The third-order valence-electron chi connectivity index (χ3n) is 4.03. The van der Waals surface area contributed by atoms with Crippen molar-refractivity contribution in [3.63, 3.8) is 0 Å². The van der Waals surface area contributed by atoms with Crippen molar-refractivity contribution < 1.29 is 9.90 Å². The van der Waals surface area contributed by atoms with Gasteiger partial charge in [-0.05, 0) is 25.3 Å². The standard InChI is InChI=1S/C15H22N2O2/c1-15(10-18,11-6-3-2-4-7-11)17-14(19)12-8-5-9-13(12)16/h2-4,6-7,12-13,18H,5,8-10,16H2,1H3,(H,17,19). The number of aliphatic hydroxyl groups excluding tert-OH is 1. The maximum atomic E-state index is 12.3. The minimum absolute atomic E-state index is 0.0506. The molecular formula is C15H22N2O2. The molecule has 1 aliphatic carbocycles. The molecule has 0 heterocycles. The van der Waals surface area contributed by atoms with E-state index in [2.05, 4.69) is 5.32 Å². The van der Waals surface area contributed by atoms with Crippen LogP contribution in [-0.4, -0.2) is 23.7 Å². The number of amides is 1. The smallest absolute Gasteiger partial charge is 0.225 e. The van der Waals surface area contributed by atoms with E-state index in [0.29, 0.717) is 0 Å². The van der Waals surface area contributed by atoms with Crippen LogP contribution in [0.3, 0.4) is 0 Å². The second-order valence-electron chi connectivity index (χ2n) is 5.55. The van der Waals surface area contributed by atoms with Crippen LogP contribution in [0.2, 0.25) is 0 Å². The highest BCUT2D eigenvalue weighted by Crippen LogP contribution is 2.26. The number of hydrogen-bond acceptors (Lipinski definition) is 3. The van der Waals surface area contributed by atoms with E-state index in [1.807, 2.05) is 37.3 Å². The van der Waals surface area contributed by atoms with Gasteiger partial charge in [0.2, 0.25) is 5.91 Å². The van der Waals surface area contributed by atoms with Crippen LogP contribution in [0.1, 0.15) is 31.7 Å². The van der Waals surface area contributed by atoms with Gasteiger partial charge in [0.15, 0.2) is 0 Å². The van der Waals surface area contributed by atoms with E-state index in [1.54, 1.807) is 0 Å². The van der Waals surface area contributed by atoms with Crippen LogP contribution in [0, 0.1) is 5.92 Å². The van der Waals surface area contributed by atoms with Gasteiger partial charge < -0.3 is 16.2 Å². The minimum Gasteiger partial charge on any atom is -0.394 e. The average Bonchev–Trinajstić information content (AvgIpc) is 2.86. The topological polar surface area (TPSA) is 75.3 Å². The summed E-state index contributed by atoms with van der Waals surface area (Å²) in [6.45, 7) is 1.70. The maximum Gasteiger partial charge on any atom is 0.225 e. The zero-order chi connectivity index (χ0) is 13.9. The fourth-order valence-corrected chi connectivity index (χ4v) is 2.69. The number of nitrogens with two attached hydrogens (primary N) is 1. The van der Waals surface area contributed by atoms with Crippen molar-refractivity contribution in [2.75, 3.05) is 6.61 Å². The van der Waals surface area contributed by atoms with Crippen LogP contribution in [-0.2, 0) is 10.3 Å². The Kier molecular flexibility index (Phi) is 4.22. The van der Waals surface area contributed by atoms with E-state index < -0.39 is 5.54 Å². The van der Waals surface area contributed by atoms with Crippen molar-refractivity contribution in [3.8, 4) is 0 Å². The summed E-state index contributed by atoms with van der Waals surface area (Å²) < 4.78 is 0. The molecule has 1 amide bonds. The molecule has 104 valence electrons. The summed E-state index contributed by atoms with van der Waals surface area (Å²) in [7, 11) is 0. The van der Waals surface area contributed by atoms with Crippen molar-refractivity contribution in [1.82, 2.24) is 5.32 Å². The van der Waals surface area contributed by atoms with Crippen LogP contribution in [0.4, 0.5) is 0 Å². The predicted molar refractivity (Wildman–Crippen MR) is 74.3 cm³/mol. The molecule has 2 rings (SSSR count). The monoisotopic (exact) mass is 262 g/mol. The molecule has 1 saturated carbocycles. The van der Waals surface area contributed by atoms with Gasteiger partial charge in [0.25, 0.3) is 0 Å². The van der Waals surface area contributed by atoms with Crippen molar-refractivity contribution in [2.24, 2.45) is 11.7 Å². The number of nitrogens with one attached hydrogen (secondary N) is 1. The quantitative estimate of drug-likeness (QED) is 0.761. The van der Waals surface area contributed by atoms with E-state index in [1.165, 1.54) is 0 Å². The van der Waals surface area contributed by atoms with Gasteiger partial charge in [-0.2, -0.15) is 0 Å². The maximum absolute atomic E-state index is 12.3. The first-order chi connectivity index (χ1) is 9.07. The lowest BCUT2D eigenvalue weighted by atomic mass is 9.91. The van der Waals surface area contributed by atoms with Crippen molar-refractivity contribution in [3.05, 3.63) is 35.9 Å². The molecule has 0 bridgehead atoms. The molecular weight excluding hydrogens is 240 g/mol. The third kappa shape index (κ3) is 2.96. The molecule has 4 heteroatoms. The average molecular weight is 262 g/mol. The lowest BCUT2D eigenvalue weighted by molar-refractivity contribution is -0.127. The van der Waals surface area contributed by atoms with Gasteiger partial charge in [-0.25, -0.2) is 0 Å². The minimum atomic E-state index is -0.749. The first-order valence-electron chi connectivity index (χ1n) is 6.81. The fourth-order valence-electron chi connectivity index (χ4n) is 2.69. The van der Waals surface area contributed by atoms with Crippen molar-refractivity contribution in [1.29, 1.82) is 0 Å². The van der Waals surface area contributed by atoms with Gasteiger partial charge in [0.05, 0.1) is 18.1 Å². The molecule has 1 aliphatic rings. The predicted octanol–water partition coefficient (Wildman–Crippen LogP) is 1.14. The van der Waals surface area contributed by atoms with Gasteiger partial charge in [-0.3, -0.25) is 4.79 Å². The first kappa shape index (κ1) is 14.0. The second kappa shape index (κ2) is 5.72. The van der Waals surface area contributed by atoms with Crippen LogP contribution >= 0.6 is 0 Å². The Morgan fingerprint density at radius 1 is 1.42 bits per heavy atom. The largest absolute Gasteiger partial charge is 0.394 e. The molecule has 0 aromatic heterocycles. The van der Waals surface area contributed by atoms with Crippen LogP contribution < -0.4 is 11.1 Å². The molecule has 0 spiro atoms. The number of hydrogen-bond donors (Lipinski definition) is 3. The van der Waals surface area contributed by atoms with E-state index in [-0.39, 0.29) is 24.5 Å². The Morgan fingerprint density at radius 2 is 2.11 bits per heavy atom. The highest BCUT2D eigenvalue weighted by molar-refractivity contribution is 5.80. The molecule has 19 heavy (non-hydrogen) atoms. The molecule has 1 fully saturated rings. The zero-order valence-corrected chi connectivity index (χ0v) is 11.3. The van der Waals surface area contributed by atoms with Crippen LogP contribution in [0.5, 0.6) is 0 Å². The summed E-state index contributed by atoms with van der Waals surface area (Å²) in [4.78, 5) is 12.3. The molecule has 0 saturated heterocycles. The Morgan fingerprint density at radius 3 is 2.63 bits per heavy atom. The van der Waals surface area contributed by atoms with E-state index in [9.17, 15) is 9.90 Å². The van der Waals surface area contributed by atoms with E-state index in [0.717, 1.165) is 24.8 Å². The van der Waals surface area contributed by atoms with Gasteiger partial charge >= 0.3 is 0 Å². The molecule has 0 aliphatic heterocycles. The molecule has 1 aromatic carbocycles. The summed E-state index contributed by atoms with van der Waals surface area (Å²) in [5, 5.41) is 12.6. The number of benzene rings is 1. The van der Waals surface area contributed by atoms with Crippen molar-refractivity contribution >= 4 is 5.91 Å². The van der Waals surface area contributed by atoms with Gasteiger partial charge in [0, 0.05) is 6.04 Å². The Bertz CT molecular complexity index is 435. The summed E-state index contributed by atoms with van der Waals surface area (Å²) in [6.07, 6.45) is 2.74.